The zero-order valence-corrected chi connectivity index (χ0v) is 15.8. The van der Waals surface area contributed by atoms with Crippen LogP contribution in [0.5, 0.6) is 0 Å². The Hall–Kier alpha value is -2.52. The fourth-order valence-corrected chi connectivity index (χ4v) is 4.41. The van der Waals surface area contributed by atoms with Gasteiger partial charge in [0.25, 0.3) is 0 Å². The van der Waals surface area contributed by atoms with E-state index < -0.39 is 0 Å². The van der Waals surface area contributed by atoms with E-state index >= 15 is 0 Å². The quantitative estimate of drug-likeness (QED) is 0.656. The van der Waals surface area contributed by atoms with E-state index in [0.717, 1.165) is 48.9 Å². The molecule has 3 nitrogen and oxygen atoms in total. The average Bonchev–Trinajstić information content (AvgIpc) is 2.70. The Kier molecular flexibility index (Phi) is 5.30. The number of hydrogen-bond acceptors (Lipinski definition) is 3. The van der Waals surface area contributed by atoms with Gasteiger partial charge in [0.05, 0.1) is 5.52 Å². The van der Waals surface area contributed by atoms with Gasteiger partial charge in [-0.15, -0.1) is 0 Å². The van der Waals surface area contributed by atoms with Crippen molar-refractivity contribution in [2.24, 2.45) is 5.92 Å². The SMILES string of the molecule is CC(=O)C(c1ccc2ncccc2c1)C1CCN(Cc2ccccc2)CC1. The van der Waals surface area contributed by atoms with E-state index in [0.29, 0.717) is 5.92 Å². The molecular weight excluding hydrogens is 332 g/mol. The van der Waals surface area contributed by atoms with Gasteiger partial charge in [0.2, 0.25) is 0 Å². The van der Waals surface area contributed by atoms with Crippen LogP contribution in [0.1, 0.15) is 36.8 Å². The summed E-state index contributed by atoms with van der Waals surface area (Å²) in [5.41, 5.74) is 3.49. The minimum Gasteiger partial charge on any atom is -0.299 e. The van der Waals surface area contributed by atoms with Crippen LogP contribution in [-0.2, 0) is 11.3 Å². The summed E-state index contributed by atoms with van der Waals surface area (Å²) in [6.07, 6.45) is 3.96. The molecule has 1 aliphatic heterocycles. The van der Waals surface area contributed by atoms with Gasteiger partial charge >= 0.3 is 0 Å². The summed E-state index contributed by atoms with van der Waals surface area (Å²) in [5, 5.41) is 1.11. The molecule has 4 rings (SSSR count). The Morgan fingerprint density at radius 1 is 1.07 bits per heavy atom. The first kappa shape index (κ1) is 17.9. The first-order valence-electron chi connectivity index (χ1n) is 9.82. The molecule has 0 spiro atoms. The second-order valence-corrected chi connectivity index (χ2v) is 7.64. The maximum absolute atomic E-state index is 12.5. The van der Waals surface area contributed by atoms with Crippen molar-refractivity contribution in [2.45, 2.75) is 32.2 Å². The molecule has 0 saturated carbocycles. The number of carbonyl (C=O) groups is 1. The molecule has 0 amide bonds. The third-order valence-electron chi connectivity index (χ3n) is 5.78. The van der Waals surface area contributed by atoms with E-state index in [1.165, 1.54) is 5.56 Å². The molecule has 1 fully saturated rings. The molecule has 2 aromatic carbocycles. The van der Waals surface area contributed by atoms with Crippen LogP contribution in [0.3, 0.4) is 0 Å². The Bertz CT molecular complexity index is 914. The van der Waals surface area contributed by atoms with Crippen molar-refractivity contribution in [2.75, 3.05) is 13.1 Å². The van der Waals surface area contributed by atoms with Crippen molar-refractivity contribution in [1.82, 2.24) is 9.88 Å². The highest BCUT2D eigenvalue weighted by Crippen LogP contribution is 2.35. The normalized spacial score (nSPS) is 17.1. The number of aromatic nitrogens is 1. The van der Waals surface area contributed by atoms with E-state index in [1.54, 1.807) is 6.92 Å². The highest BCUT2D eigenvalue weighted by Gasteiger charge is 2.30. The minimum absolute atomic E-state index is 0.00604. The zero-order valence-electron chi connectivity index (χ0n) is 15.8. The lowest BCUT2D eigenvalue weighted by molar-refractivity contribution is -0.120. The smallest absolute Gasteiger partial charge is 0.137 e. The van der Waals surface area contributed by atoms with Crippen LogP contribution in [0.4, 0.5) is 0 Å². The Morgan fingerprint density at radius 2 is 1.85 bits per heavy atom. The predicted molar refractivity (Wildman–Crippen MR) is 110 cm³/mol. The van der Waals surface area contributed by atoms with Crippen molar-refractivity contribution < 1.29 is 4.79 Å². The number of Topliss-reactive ketones (excluding diaryl/α,β-unsaturated/α-hetero) is 1. The highest BCUT2D eigenvalue weighted by atomic mass is 16.1. The number of nitrogens with zero attached hydrogens (tertiary/aromatic N) is 2. The molecule has 2 heterocycles. The minimum atomic E-state index is -0.00604. The van der Waals surface area contributed by atoms with Gasteiger partial charge in [0.15, 0.2) is 0 Å². The molecule has 3 heteroatoms. The van der Waals surface area contributed by atoms with Crippen molar-refractivity contribution >= 4 is 16.7 Å². The number of carbonyl (C=O) groups excluding carboxylic acids is 1. The third kappa shape index (κ3) is 4.09. The van der Waals surface area contributed by atoms with Gasteiger partial charge in [-0.3, -0.25) is 14.7 Å². The first-order chi connectivity index (χ1) is 13.2. The monoisotopic (exact) mass is 358 g/mol. The standard InChI is InChI=1S/C24H26N2O/c1-18(27)24(22-9-10-23-21(16-22)8-5-13-25-23)20-11-14-26(15-12-20)17-19-6-3-2-4-7-19/h2-10,13,16,20,24H,11-12,14-15,17H2,1H3. The number of likely N-dealkylation sites (tertiary alicyclic amines) is 1. The Balaban J connectivity index is 1.47. The van der Waals surface area contributed by atoms with Gasteiger partial charge in [0.1, 0.15) is 5.78 Å². The van der Waals surface area contributed by atoms with Crippen LogP contribution in [0, 0.1) is 5.92 Å². The second-order valence-electron chi connectivity index (χ2n) is 7.64. The van der Waals surface area contributed by atoms with Gasteiger partial charge in [-0.2, -0.15) is 0 Å². The summed E-state index contributed by atoms with van der Waals surface area (Å²) in [4.78, 5) is 19.4. The van der Waals surface area contributed by atoms with Crippen molar-refractivity contribution in [1.29, 1.82) is 0 Å². The number of hydrogen-bond donors (Lipinski definition) is 0. The lowest BCUT2D eigenvalue weighted by Crippen LogP contribution is -2.36. The lowest BCUT2D eigenvalue weighted by atomic mass is 9.77. The van der Waals surface area contributed by atoms with E-state index in [1.807, 2.05) is 18.3 Å². The van der Waals surface area contributed by atoms with Crippen LogP contribution in [-0.4, -0.2) is 28.8 Å². The van der Waals surface area contributed by atoms with Crippen LogP contribution < -0.4 is 0 Å². The van der Waals surface area contributed by atoms with Gasteiger partial charge in [-0.1, -0.05) is 42.5 Å². The molecule has 138 valence electrons. The number of fused-ring (bicyclic) bond motifs is 1. The summed E-state index contributed by atoms with van der Waals surface area (Å²) in [7, 11) is 0. The molecule has 1 saturated heterocycles. The van der Waals surface area contributed by atoms with E-state index in [2.05, 4.69) is 58.4 Å². The van der Waals surface area contributed by atoms with Gasteiger partial charge in [-0.05, 0) is 68.1 Å². The molecular formula is C24H26N2O. The summed E-state index contributed by atoms with van der Waals surface area (Å²) < 4.78 is 0. The van der Waals surface area contributed by atoms with Gasteiger partial charge in [0, 0.05) is 24.0 Å². The van der Waals surface area contributed by atoms with E-state index in [4.69, 9.17) is 0 Å². The summed E-state index contributed by atoms with van der Waals surface area (Å²) >= 11 is 0. The summed E-state index contributed by atoms with van der Waals surface area (Å²) in [6, 6.07) is 21.0. The first-order valence-corrected chi connectivity index (χ1v) is 9.82. The van der Waals surface area contributed by atoms with Crippen LogP contribution in [0.15, 0.2) is 66.9 Å². The topological polar surface area (TPSA) is 33.2 Å². The second kappa shape index (κ2) is 8.01. The molecule has 0 aliphatic carbocycles. The predicted octanol–water partition coefficient (Wildman–Crippen LogP) is 4.82. The lowest BCUT2D eigenvalue weighted by Gasteiger charge is -2.35. The van der Waals surface area contributed by atoms with Crippen LogP contribution in [0.2, 0.25) is 0 Å². The van der Waals surface area contributed by atoms with E-state index in [-0.39, 0.29) is 11.7 Å². The molecule has 0 radical (unpaired) electrons. The molecule has 0 N–H and O–H groups in total. The molecule has 1 unspecified atom stereocenters. The van der Waals surface area contributed by atoms with Crippen LogP contribution >= 0.6 is 0 Å². The molecule has 27 heavy (non-hydrogen) atoms. The molecule has 0 bridgehead atoms. The number of pyridine rings is 1. The molecule has 1 aliphatic rings. The number of rotatable bonds is 5. The summed E-state index contributed by atoms with van der Waals surface area (Å²) in [5.74, 6) is 0.692. The Morgan fingerprint density at radius 3 is 2.59 bits per heavy atom. The van der Waals surface area contributed by atoms with E-state index in [9.17, 15) is 4.79 Å². The highest BCUT2D eigenvalue weighted by molar-refractivity contribution is 5.86. The van der Waals surface area contributed by atoms with Crippen molar-refractivity contribution in [3.05, 3.63) is 78.0 Å². The maximum atomic E-state index is 12.5. The summed E-state index contributed by atoms with van der Waals surface area (Å²) in [6.45, 7) is 4.85. The van der Waals surface area contributed by atoms with Crippen molar-refractivity contribution in [3.8, 4) is 0 Å². The molecule has 1 aromatic heterocycles. The molecule has 3 aromatic rings. The third-order valence-corrected chi connectivity index (χ3v) is 5.78. The number of ketones is 1. The fourth-order valence-electron chi connectivity index (χ4n) is 4.41. The van der Waals surface area contributed by atoms with Gasteiger partial charge < -0.3 is 0 Å². The largest absolute Gasteiger partial charge is 0.299 e. The zero-order chi connectivity index (χ0) is 18.6. The maximum Gasteiger partial charge on any atom is 0.137 e. The number of benzene rings is 2. The van der Waals surface area contributed by atoms with Crippen molar-refractivity contribution in [3.63, 3.8) is 0 Å². The molecule has 1 atom stereocenters. The number of piperidine rings is 1. The fraction of sp³-hybridized carbons (Fsp3) is 0.333. The van der Waals surface area contributed by atoms with Crippen LogP contribution in [0.25, 0.3) is 10.9 Å². The average molecular weight is 358 g/mol. The Labute approximate surface area is 161 Å². The van der Waals surface area contributed by atoms with Gasteiger partial charge in [-0.25, -0.2) is 0 Å².